The third-order valence-electron chi connectivity index (χ3n) is 5.89. The molecule has 34 heavy (non-hydrogen) atoms. The number of alkyl halides is 2. The van der Waals surface area contributed by atoms with Gasteiger partial charge in [0, 0.05) is 19.7 Å². The van der Waals surface area contributed by atoms with Crippen LogP contribution in [-0.2, 0) is 11.8 Å². The lowest BCUT2D eigenvalue weighted by molar-refractivity contribution is -0.247. The lowest BCUT2D eigenvalue weighted by Gasteiger charge is -2.44. The Bertz CT molecular complexity index is 1320. The number of aromatic nitrogens is 3. The van der Waals surface area contributed by atoms with Crippen molar-refractivity contribution in [2.45, 2.75) is 25.2 Å². The number of likely N-dealkylation sites (tertiary alicyclic amines) is 1. The highest BCUT2D eigenvalue weighted by Gasteiger charge is 2.44. The molecule has 0 unspecified atom stereocenters. The predicted molar refractivity (Wildman–Crippen MR) is 116 cm³/mol. The largest absolute Gasteiger partial charge is 0.363 e. The molecule has 2 aromatic heterocycles. The van der Waals surface area contributed by atoms with Crippen LogP contribution in [-0.4, -0.2) is 56.4 Å². The van der Waals surface area contributed by atoms with Crippen molar-refractivity contribution in [1.29, 1.82) is 0 Å². The van der Waals surface area contributed by atoms with Gasteiger partial charge in [-0.2, -0.15) is 0 Å². The molecule has 0 bridgehead atoms. The van der Waals surface area contributed by atoms with E-state index >= 15 is 0 Å². The van der Waals surface area contributed by atoms with Crippen LogP contribution in [0.3, 0.4) is 0 Å². The molecule has 12 heteroatoms. The number of carbonyl (C=O) groups is 1. The minimum Gasteiger partial charge on any atom is -0.363 e. The first-order valence-electron chi connectivity index (χ1n) is 10.3. The fraction of sp³-hybridized carbons (Fsp3) is 0.364. The number of amides is 1. The van der Waals surface area contributed by atoms with E-state index in [1.807, 2.05) is 0 Å². The maximum absolute atomic E-state index is 14.6. The van der Waals surface area contributed by atoms with Crippen molar-refractivity contribution in [3.05, 3.63) is 63.5 Å². The summed E-state index contributed by atoms with van der Waals surface area (Å²) in [6.45, 7) is 1.37. The van der Waals surface area contributed by atoms with E-state index in [0.717, 1.165) is 6.07 Å². The Morgan fingerprint density at radius 2 is 1.94 bits per heavy atom. The van der Waals surface area contributed by atoms with Crippen LogP contribution in [0.4, 0.5) is 19.0 Å². The molecular formula is C22H22F3N5O4. The summed E-state index contributed by atoms with van der Waals surface area (Å²) in [5.74, 6) is -2.91. The Hall–Kier alpha value is -3.51. The van der Waals surface area contributed by atoms with Crippen LogP contribution in [0.5, 0.6) is 0 Å². The van der Waals surface area contributed by atoms with Crippen LogP contribution >= 0.6 is 0 Å². The van der Waals surface area contributed by atoms with E-state index in [0.29, 0.717) is 5.39 Å². The van der Waals surface area contributed by atoms with Gasteiger partial charge >= 0.3 is 0 Å². The molecule has 1 atom stereocenters. The van der Waals surface area contributed by atoms with E-state index in [1.54, 1.807) is 6.92 Å². The van der Waals surface area contributed by atoms with Crippen LogP contribution < -0.4 is 10.9 Å². The quantitative estimate of drug-likeness (QED) is 0.525. The number of fused-ring (bicyclic) bond motifs is 1. The molecule has 9 nitrogen and oxygen atoms in total. The lowest BCUT2D eigenvalue weighted by Crippen LogP contribution is -2.64. The number of carbonyl (C=O) groups excluding carboxylic acids is 1. The minimum atomic E-state index is -2.97. The molecule has 2 N–H and O–H groups in total. The molecule has 0 aliphatic carbocycles. The van der Waals surface area contributed by atoms with Crippen molar-refractivity contribution in [3.63, 3.8) is 0 Å². The van der Waals surface area contributed by atoms with Gasteiger partial charge < -0.3 is 20.1 Å². The standard InChI is InChI=1S/C22H22F3N5O4/c1-11(12-5-4-6-13(16(12)23)17(24)25)28-18-14-7-15(20(31)29(2)19(14)27-10-26-18)21(32)30-8-22(33,9-30)34-3/h4-7,10-11,17,33H,8-9H2,1-3H3,(H,26,27,28)/t11-/m1/s1. The number of rotatable bonds is 6. The van der Waals surface area contributed by atoms with E-state index in [2.05, 4.69) is 15.3 Å². The number of nitrogens with zero attached hydrogens (tertiary/aromatic N) is 4. The van der Waals surface area contributed by atoms with Crippen molar-refractivity contribution in [3.8, 4) is 0 Å². The molecule has 0 spiro atoms. The Balaban J connectivity index is 1.72. The number of halogens is 3. The van der Waals surface area contributed by atoms with Crippen molar-refractivity contribution in [2.75, 3.05) is 25.5 Å². The fourth-order valence-electron chi connectivity index (χ4n) is 3.89. The van der Waals surface area contributed by atoms with Crippen LogP contribution in [0.15, 0.2) is 35.4 Å². The summed E-state index contributed by atoms with van der Waals surface area (Å²) in [6.07, 6.45) is -1.77. The normalized spacial score (nSPS) is 15.9. The number of nitrogens with one attached hydrogen (secondary N) is 1. The van der Waals surface area contributed by atoms with Gasteiger partial charge in [0.2, 0.25) is 5.79 Å². The zero-order valence-corrected chi connectivity index (χ0v) is 18.6. The van der Waals surface area contributed by atoms with Gasteiger partial charge in [-0.25, -0.2) is 23.1 Å². The Labute approximate surface area is 191 Å². The molecule has 1 saturated heterocycles. The van der Waals surface area contributed by atoms with Gasteiger partial charge in [0.25, 0.3) is 17.9 Å². The summed E-state index contributed by atoms with van der Waals surface area (Å²) >= 11 is 0. The number of anilines is 1. The van der Waals surface area contributed by atoms with Gasteiger partial charge in [-0.15, -0.1) is 0 Å². The number of aryl methyl sites for hydroxylation is 1. The molecule has 1 aromatic carbocycles. The second kappa shape index (κ2) is 8.69. The molecule has 3 heterocycles. The van der Waals surface area contributed by atoms with E-state index in [9.17, 15) is 27.9 Å². The average molecular weight is 477 g/mol. The maximum atomic E-state index is 14.6. The number of aliphatic hydroxyl groups is 1. The molecule has 0 saturated carbocycles. The number of pyridine rings is 1. The summed E-state index contributed by atoms with van der Waals surface area (Å²) < 4.78 is 46.9. The number of hydrogen-bond acceptors (Lipinski definition) is 7. The number of hydrogen-bond donors (Lipinski definition) is 2. The Morgan fingerprint density at radius 3 is 2.59 bits per heavy atom. The molecule has 1 fully saturated rings. The monoisotopic (exact) mass is 477 g/mol. The highest BCUT2D eigenvalue weighted by molar-refractivity contribution is 5.99. The molecule has 0 radical (unpaired) electrons. The summed E-state index contributed by atoms with van der Waals surface area (Å²) in [7, 11) is 2.75. The van der Waals surface area contributed by atoms with Crippen LogP contribution in [0.25, 0.3) is 11.0 Å². The van der Waals surface area contributed by atoms with E-state index in [4.69, 9.17) is 4.74 Å². The van der Waals surface area contributed by atoms with Crippen molar-refractivity contribution >= 4 is 22.8 Å². The Kier molecular flexibility index (Phi) is 6.04. The smallest absolute Gasteiger partial charge is 0.266 e. The number of benzene rings is 1. The number of β-amino-alcohol motifs (C(OH)–C–C–N with tert-alkyl or cyclic N) is 1. The summed E-state index contributed by atoms with van der Waals surface area (Å²) in [5.41, 5.74) is -1.27. The summed E-state index contributed by atoms with van der Waals surface area (Å²) in [6, 6.07) is 4.29. The van der Waals surface area contributed by atoms with Crippen molar-refractivity contribution in [2.24, 2.45) is 7.05 Å². The first-order valence-corrected chi connectivity index (χ1v) is 10.3. The summed E-state index contributed by atoms with van der Waals surface area (Å²) in [4.78, 5) is 35.3. The highest BCUT2D eigenvalue weighted by Crippen LogP contribution is 2.30. The van der Waals surface area contributed by atoms with Crippen LogP contribution in [0, 0.1) is 5.82 Å². The van der Waals surface area contributed by atoms with E-state index < -0.39 is 41.1 Å². The second-order valence-corrected chi connectivity index (χ2v) is 8.11. The van der Waals surface area contributed by atoms with Gasteiger partial charge in [-0.3, -0.25) is 14.2 Å². The first kappa shape index (κ1) is 23.6. The SMILES string of the molecule is COC1(O)CN(C(=O)c2cc3c(N[C@H](C)c4cccc(C(F)F)c4F)ncnc3n(C)c2=O)C1. The maximum Gasteiger partial charge on any atom is 0.266 e. The average Bonchev–Trinajstić information content (AvgIpc) is 2.79. The molecule has 3 aromatic rings. The molecule has 1 aliphatic heterocycles. The van der Waals surface area contributed by atoms with Gasteiger partial charge in [-0.05, 0) is 13.0 Å². The fourth-order valence-corrected chi connectivity index (χ4v) is 3.89. The van der Waals surface area contributed by atoms with E-state index in [-0.39, 0.29) is 35.7 Å². The number of ether oxygens (including phenoxy) is 1. The molecule has 180 valence electrons. The lowest BCUT2D eigenvalue weighted by atomic mass is 10.0. The first-order chi connectivity index (χ1) is 16.1. The third-order valence-corrected chi connectivity index (χ3v) is 5.89. The van der Waals surface area contributed by atoms with Gasteiger partial charge in [-0.1, -0.05) is 18.2 Å². The van der Waals surface area contributed by atoms with Crippen LogP contribution in [0.1, 0.15) is 40.9 Å². The van der Waals surface area contributed by atoms with Gasteiger partial charge in [0.05, 0.1) is 30.1 Å². The Morgan fingerprint density at radius 1 is 1.26 bits per heavy atom. The minimum absolute atomic E-state index is 0.00473. The van der Waals surface area contributed by atoms with Gasteiger partial charge in [0.1, 0.15) is 29.2 Å². The van der Waals surface area contributed by atoms with Gasteiger partial charge in [0.15, 0.2) is 0 Å². The highest BCUT2D eigenvalue weighted by atomic mass is 19.3. The number of methoxy groups -OCH3 is 1. The topological polar surface area (TPSA) is 110 Å². The molecule has 1 aliphatic rings. The third kappa shape index (κ3) is 3.99. The molecule has 4 rings (SSSR count). The zero-order chi connectivity index (χ0) is 24.8. The van der Waals surface area contributed by atoms with E-state index in [1.165, 1.54) is 48.2 Å². The van der Waals surface area contributed by atoms with Crippen LogP contribution in [0.2, 0.25) is 0 Å². The molecule has 1 amide bonds. The predicted octanol–water partition coefficient (Wildman–Crippen LogP) is 2.37. The second-order valence-electron chi connectivity index (χ2n) is 8.11. The summed E-state index contributed by atoms with van der Waals surface area (Å²) in [5, 5.41) is 13.3. The van der Waals surface area contributed by atoms with Crippen molar-refractivity contribution < 1.29 is 27.8 Å². The molecular weight excluding hydrogens is 455 g/mol. The van der Waals surface area contributed by atoms with Crippen molar-refractivity contribution in [1.82, 2.24) is 19.4 Å². The zero-order valence-electron chi connectivity index (χ0n) is 18.6.